The van der Waals surface area contributed by atoms with E-state index in [4.69, 9.17) is 9.47 Å². The molecule has 0 radical (unpaired) electrons. The summed E-state index contributed by atoms with van der Waals surface area (Å²) >= 11 is 0. The van der Waals surface area contributed by atoms with E-state index in [9.17, 15) is 9.59 Å². The van der Waals surface area contributed by atoms with Gasteiger partial charge in [0.25, 0.3) is 0 Å². The first-order valence-corrected chi connectivity index (χ1v) is 9.54. The van der Waals surface area contributed by atoms with Crippen molar-refractivity contribution < 1.29 is 19.1 Å². The van der Waals surface area contributed by atoms with Crippen LogP contribution in [0, 0.1) is 17.8 Å². The van der Waals surface area contributed by atoms with Crippen molar-refractivity contribution in [3.63, 3.8) is 0 Å². The molecule has 0 aromatic heterocycles. The molecule has 5 nitrogen and oxygen atoms in total. The monoisotopic (exact) mass is 339 g/mol. The average Bonchev–Trinajstić information content (AvgIpc) is 2.96. The van der Waals surface area contributed by atoms with E-state index in [0.29, 0.717) is 37.2 Å². The third-order valence-corrected chi connectivity index (χ3v) is 5.68. The minimum absolute atomic E-state index is 0.0607. The second-order valence-electron chi connectivity index (χ2n) is 7.90. The molecule has 1 amide bonds. The number of rotatable bonds is 5. The first-order valence-electron chi connectivity index (χ1n) is 9.54. The van der Waals surface area contributed by atoms with Crippen molar-refractivity contribution >= 4 is 12.1 Å². The maximum absolute atomic E-state index is 12.5. The summed E-state index contributed by atoms with van der Waals surface area (Å²) in [5.41, 5.74) is -0.888. The summed E-state index contributed by atoms with van der Waals surface area (Å²) in [4.78, 5) is 24.8. The van der Waals surface area contributed by atoms with E-state index in [1.807, 2.05) is 0 Å². The van der Waals surface area contributed by atoms with E-state index in [0.717, 1.165) is 25.7 Å². The number of hydrogen-bond acceptors (Lipinski definition) is 4. The molecule has 0 bridgehead atoms. The van der Waals surface area contributed by atoms with Crippen LogP contribution < -0.4 is 5.32 Å². The van der Waals surface area contributed by atoms with Crippen molar-refractivity contribution in [1.29, 1.82) is 0 Å². The molecular weight excluding hydrogens is 306 g/mol. The van der Waals surface area contributed by atoms with Crippen LogP contribution in [0.5, 0.6) is 0 Å². The average molecular weight is 339 g/mol. The van der Waals surface area contributed by atoms with Crippen molar-refractivity contribution in [1.82, 2.24) is 5.32 Å². The molecule has 0 spiro atoms. The summed E-state index contributed by atoms with van der Waals surface area (Å²) < 4.78 is 11.0. The molecule has 2 aliphatic carbocycles. The highest BCUT2D eigenvalue weighted by atomic mass is 16.6. The van der Waals surface area contributed by atoms with Gasteiger partial charge < -0.3 is 14.8 Å². The summed E-state index contributed by atoms with van der Waals surface area (Å²) in [5, 5.41) is 2.86. The van der Waals surface area contributed by atoms with Crippen LogP contribution in [0.1, 0.15) is 72.6 Å². The number of alkyl carbamates (subject to hydrolysis) is 1. The standard InChI is InChI=1S/C19H33NO4/c1-5-23-17(21)19(10-6-7-11-19)20-18(22)24-16-12-14(4)8-9-15(16)13(2)3/h13-16H,5-12H2,1-4H3,(H,20,22). The molecule has 3 atom stereocenters. The Morgan fingerprint density at radius 1 is 1.21 bits per heavy atom. The van der Waals surface area contributed by atoms with E-state index < -0.39 is 11.6 Å². The van der Waals surface area contributed by atoms with Crippen LogP contribution in [0.4, 0.5) is 4.79 Å². The third-order valence-electron chi connectivity index (χ3n) is 5.68. The molecule has 2 saturated carbocycles. The molecule has 0 aromatic carbocycles. The predicted molar refractivity (Wildman–Crippen MR) is 92.6 cm³/mol. The van der Waals surface area contributed by atoms with Gasteiger partial charge in [-0.05, 0) is 50.4 Å². The zero-order valence-corrected chi connectivity index (χ0v) is 15.6. The summed E-state index contributed by atoms with van der Waals surface area (Å²) in [6, 6.07) is 0. The Morgan fingerprint density at radius 2 is 1.88 bits per heavy atom. The fourth-order valence-corrected chi connectivity index (χ4v) is 4.24. The van der Waals surface area contributed by atoms with E-state index >= 15 is 0 Å². The first-order chi connectivity index (χ1) is 11.4. The van der Waals surface area contributed by atoms with Crippen molar-refractivity contribution in [2.24, 2.45) is 17.8 Å². The van der Waals surface area contributed by atoms with E-state index in [1.54, 1.807) is 6.92 Å². The minimum Gasteiger partial charge on any atom is -0.464 e. The van der Waals surface area contributed by atoms with Crippen molar-refractivity contribution in [3.8, 4) is 0 Å². The number of nitrogens with one attached hydrogen (secondary N) is 1. The molecule has 0 heterocycles. The van der Waals surface area contributed by atoms with Gasteiger partial charge in [0.15, 0.2) is 0 Å². The molecule has 0 saturated heterocycles. The van der Waals surface area contributed by atoms with Gasteiger partial charge in [-0.25, -0.2) is 9.59 Å². The largest absolute Gasteiger partial charge is 0.464 e. The quantitative estimate of drug-likeness (QED) is 0.768. The fourth-order valence-electron chi connectivity index (χ4n) is 4.24. The first kappa shape index (κ1) is 19.1. The van der Waals surface area contributed by atoms with Gasteiger partial charge in [0, 0.05) is 0 Å². The Hall–Kier alpha value is -1.26. The number of esters is 1. The molecule has 0 aliphatic heterocycles. The summed E-state index contributed by atoms with van der Waals surface area (Å²) in [5.74, 6) is 1.13. The molecule has 24 heavy (non-hydrogen) atoms. The second kappa shape index (κ2) is 8.21. The number of amides is 1. The lowest BCUT2D eigenvalue weighted by molar-refractivity contribution is -0.151. The third kappa shape index (κ3) is 4.42. The van der Waals surface area contributed by atoms with Crippen LogP contribution in [0.25, 0.3) is 0 Å². The van der Waals surface area contributed by atoms with Crippen LogP contribution in [-0.4, -0.2) is 30.3 Å². The smallest absolute Gasteiger partial charge is 0.408 e. The fraction of sp³-hybridized carbons (Fsp3) is 0.895. The molecule has 3 unspecified atom stereocenters. The van der Waals surface area contributed by atoms with Crippen molar-refractivity contribution in [3.05, 3.63) is 0 Å². The molecule has 2 rings (SSSR count). The van der Waals surface area contributed by atoms with Crippen LogP contribution in [0.3, 0.4) is 0 Å². The summed E-state index contributed by atoms with van der Waals surface area (Å²) in [6.07, 6.45) is 5.79. The molecular formula is C19H33NO4. The number of carbonyl (C=O) groups excluding carboxylic acids is 2. The van der Waals surface area contributed by atoms with E-state index in [1.165, 1.54) is 6.42 Å². The number of hydrogen-bond donors (Lipinski definition) is 1. The van der Waals surface area contributed by atoms with Crippen molar-refractivity contribution in [2.75, 3.05) is 6.61 Å². The Balaban J connectivity index is 2.00. The Labute approximate surface area is 145 Å². The predicted octanol–water partition coefficient (Wildman–Crippen LogP) is 4.05. The highest BCUT2D eigenvalue weighted by Gasteiger charge is 2.45. The normalized spacial score (nSPS) is 29.3. The van der Waals surface area contributed by atoms with Gasteiger partial charge in [-0.2, -0.15) is 0 Å². The lowest BCUT2D eigenvalue weighted by Crippen LogP contribution is -2.54. The van der Waals surface area contributed by atoms with Gasteiger partial charge in [-0.3, -0.25) is 0 Å². The lowest BCUT2D eigenvalue weighted by Gasteiger charge is -2.37. The highest BCUT2D eigenvalue weighted by Crippen LogP contribution is 2.36. The number of ether oxygens (including phenoxy) is 2. The molecule has 1 N–H and O–H groups in total. The Kier molecular flexibility index (Phi) is 6.53. The van der Waals surface area contributed by atoms with Gasteiger partial charge in [0.1, 0.15) is 11.6 Å². The summed E-state index contributed by atoms with van der Waals surface area (Å²) in [7, 11) is 0. The van der Waals surface area contributed by atoms with Gasteiger partial charge in [-0.1, -0.05) is 40.0 Å². The van der Waals surface area contributed by atoms with Gasteiger partial charge in [0.05, 0.1) is 6.61 Å². The SMILES string of the molecule is CCOC(=O)C1(NC(=O)OC2CC(C)CCC2C(C)C)CCCC1. The van der Waals surface area contributed by atoms with E-state index in [2.05, 4.69) is 26.1 Å². The topological polar surface area (TPSA) is 64.6 Å². The zero-order chi connectivity index (χ0) is 17.7. The maximum atomic E-state index is 12.5. The lowest BCUT2D eigenvalue weighted by atomic mass is 9.75. The van der Waals surface area contributed by atoms with Gasteiger partial charge in [0.2, 0.25) is 0 Å². The second-order valence-corrected chi connectivity index (χ2v) is 7.90. The molecule has 0 aromatic rings. The maximum Gasteiger partial charge on any atom is 0.408 e. The van der Waals surface area contributed by atoms with Crippen LogP contribution in [-0.2, 0) is 14.3 Å². The number of carbonyl (C=O) groups is 2. The molecule has 2 aliphatic rings. The zero-order valence-electron chi connectivity index (χ0n) is 15.6. The Bertz CT molecular complexity index is 443. The van der Waals surface area contributed by atoms with Crippen LogP contribution in [0.15, 0.2) is 0 Å². The van der Waals surface area contributed by atoms with Crippen molar-refractivity contribution in [2.45, 2.75) is 84.3 Å². The van der Waals surface area contributed by atoms with Crippen LogP contribution in [0.2, 0.25) is 0 Å². The van der Waals surface area contributed by atoms with E-state index in [-0.39, 0.29) is 12.1 Å². The minimum atomic E-state index is -0.888. The van der Waals surface area contributed by atoms with Gasteiger partial charge >= 0.3 is 12.1 Å². The highest BCUT2D eigenvalue weighted by molar-refractivity contribution is 5.86. The van der Waals surface area contributed by atoms with Crippen LogP contribution >= 0.6 is 0 Å². The Morgan fingerprint density at radius 3 is 2.46 bits per heavy atom. The molecule has 5 heteroatoms. The van der Waals surface area contributed by atoms with Gasteiger partial charge in [-0.15, -0.1) is 0 Å². The molecule has 138 valence electrons. The summed E-state index contributed by atoms with van der Waals surface area (Å²) in [6.45, 7) is 8.70. The molecule has 2 fully saturated rings.